The Kier molecular flexibility index (Phi) is 3.81. The Hall–Kier alpha value is -1.62. The fourth-order valence-corrected chi connectivity index (χ4v) is 1.98. The summed E-state index contributed by atoms with van der Waals surface area (Å²) in [5.74, 6) is -0.837. The van der Waals surface area contributed by atoms with E-state index in [1.807, 2.05) is 0 Å². The van der Waals surface area contributed by atoms with E-state index in [2.05, 4.69) is 10.6 Å². The summed E-state index contributed by atoms with van der Waals surface area (Å²) in [7, 11) is 0. The van der Waals surface area contributed by atoms with E-state index in [0.29, 0.717) is 18.4 Å². The molecule has 0 bridgehead atoms. The molecule has 2 rings (SSSR count). The minimum atomic E-state index is -0.491. The molecule has 0 radical (unpaired) electrons. The van der Waals surface area contributed by atoms with E-state index in [4.69, 9.17) is 11.6 Å². The molecule has 1 saturated heterocycles. The van der Waals surface area contributed by atoms with Gasteiger partial charge in [0.05, 0.1) is 5.02 Å². The van der Waals surface area contributed by atoms with Crippen molar-refractivity contribution >= 4 is 23.4 Å². The number of benzene rings is 1. The number of nitrogens with one attached hydrogen (secondary N) is 2. The van der Waals surface area contributed by atoms with Crippen LogP contribution < -0.4 is 10.6 Å². The van der Waals surface area contributed by atoms with Gasteiger partial charge in [-0.3, -0.25) is 9.59 Å². The van der Waals surface area contributed by atoms with Crippen molar-refractivity contribution in [3.05, 3.63) is 34.6 Å². The maximum Gasteiger partial charge on any atom is 0.242 e. The van der Waals surface area contributed by atoms with Gasteiger partial charge in [-0.2, -0.15) is 0 Å². The number of carbonyl (C=O) groups is 2. The fourth-order valence-electron chi connectivity index (χ4n) is 1.77. The van der Waals surface area contributed by atoms with E-state index in [1.165, 1.54) is 12.1 Å². The predicted molar refractivity (Wildman–Crippen MR) is 64.4 cm³/mol. The molecule has 18 heavy (non-hydrogen) atoms. The first-order valence-electron chi connectivity index (χ1n) is 5.57. The van der Waals surface area contributed by atoms with Crippen molar-refractivity contribution in [2.24, 2.45) is 0 Å². The van der Waals surface area contributed by atoms with Gasteiger partial charge in [0.25, 0.3) is 0 Å². The normalized spacial score (nSPS) is 18.6. The molecule has 6 heteroatoms. The molecule has 1 fully saturated rings. The topological polar surface area (TPSA) is 58.2 Å². The molecule has 2 N–H and O–H groups in total. The monoisotopic (exact) mass is 270 g/mol. The van der Waals surface area contributed by atoms with Gasteiger partial charge in [-0.15, -0.1) is 0 Å². The van der Waals surface area contributed by atoms with Gasteiger partial charge < -0.3 is 10.6 Å². The Morgan fingerprint density at radius 2 is 2.33 bits per heavy atom. The molecule has 1 atom stereocenters. The highest BCUT2D eigenvalue weighted by Gasteiger charge is 2.26. The van der Waals surface area contributed by atoms with Crippen LogP contribution in [-0.4, -0.2) is 17.9 Å². The average molecular weight is 271 g/mol. The number of carbonyl (C=O) groups excluding carboxylic acids is 2. The van der Waals surface area contributed by atoms with Crippen molar-refractivity contribution < 1.29 is 14.0 Å². The lowest BCUT2D eigenvalue weighted by atomic mass is 10.2. The number of hydrogen-bond donors (Lipinski definition) is 2. The zero-order valence-electron chi connectivity index (χ0n) is 9.50. The Labute approximate surface area is 109 Å². The highest BCUT2D eigenvalue weighted by molar-refractivity contribution is 6.30. The van der Waals surface area contributed by atoms with Gasteiger partial charge in [0, 0.05) is 13.0 Å². The van der Waals surface area contributed by atoms with Crippen LogP contribution in [0.1, 0.15) is 18.4 Å². The molecule has 2 amide bonds. The van der Waals surface area contributed by atoms with E-state index in [1.54, 1.807) is 6.07 Å². The molecule has 1 aliphatic heterocycles. The molecule has 1 heterocycles. The molecule has 0 saturated carbocycles. The van der Waals surface area contributed by atoms with Gasteiger partial charge in [0.1, 0.15) is 11.9 Å². The van der Waals surface area contributed by atoms with Crippen molar-refractivity contribution in [1.82, 2.24) is 10.6 Å². The lowest BCUT2D eigenvalue weighted by Crippen LogP contribution is -2.41. The van der Waals surface area contributed by atoms with Crippen molar-refractivity contribution in [2.75, 3.05) is 0 Å². The van der Waals surface area contributed by atoms with Gasteiger partial charge >= 0.3 is 0 Å². The number of hydrogen-bond acceptors (Lipinski definition) is 2. The summed E-state index contributed by atoms with van der Waals surface area (Å²) < 4.78 is 12.9. The van der Waals surface area contributed by atoms with Crippen LogP contribution in [-0.2, 0) is 16.1 Å². The Morgan fingerprint density at radius 3 is 2.94 bits per heavy atom. The van der Waals surface area contributed by atoms with E-state index >= 15 is 0 Å². The first-order chi connectivity index (χ1) is 8.56. The van der Waals surface area contributed by atoms with Gasteiger partial charge in [-0.1, -0.05) is 17.7 Å². The van der Waals surface area contributed by atoms with Crippen LogP contribution >= 0.6 is 11.6 Å². The van der Waals surface area contributed by atoms with Crippen LogP contribution in [0.4, 0.5) is 4.39 Å². The van der Waals surface area contributed by atoms with Gasteiger partial charge in [0.15, 0.2) is 0 Å². The minimum absolute atomic E-state index is 0.0240. The standard InChI is InChI=1S/C12H12ClFN2O2/c13-8-5-7(1-2-9(8)14)6-15-12(18)10-3-4-11(17)16-10/h1-2,5,10H,3-4,6H2,(H,15,18)(H,16,17). The number of amides is 2. The van der Waals surface area contributed by atoms with Gasteiger partial charge in [0.2, 0.25) is 11.8 Å². The van der Waals surface area contributed by atoms with E-state index in [-0.39, 0.29) is 23.4 Å². The summed E-state index contributed by atoms with van der Waals surface area (Å²) in [4.78, 5) is 22.6. The summed E-state index contributed by atoms with van der Waals surface area (Å²) >= 11 is 5.63. The van der Waals surface area contributed by atoms with Crippen LogP contribution in [0.15, 0.2) is 18.2 Å². The number of halogens is 2. The highest BCUT2D eigenvalue weighted by Crippen LogP contribution is 2.16. The maximum absolute atomic E-state index is 12.9. The first kappa shape index (κ1) is 12.8. The molecule has 1 aromatic carbocycles. The van der Waals surface area contributed by atoms with Gasteiger partial charge in [-0.05, 0) is 24.1 Å². The van der Waals surface area contributed by atoms with Crippen molar-refractivity contribution in [1.29, 1.82) is 0 Å². The van der Waals surface area contributed by atoms with Crippen molar-refractivity contribution in [3.63, 3.8) is 0 Å². The molecule has 0 aromatic heterocycles. The second-order valence-corrected chi connectivity index (χ2v) is 4.53. The molecule has 1 unspecified atom stereocenters. The number of rotatable bonds is 3. The third-order valence-corrected chi connectivity index (χ3v) is 3.05. The Bertz CT molecular complexity index is 493. The molecule has 4 nitrogen and oxygen atoms in total. The third kappa shape index (κ3) is 2.98. The predicted octanol–water partition coefficient (Wildman–Crippen LogP) is 1.37. The smallest absolute Gasteiger partial charge is 0.242 e. The van der Waals surface area contributed by atoms with Crippen LogP contribution in [0.2, 0.25) is 5.02 Å². The summed E-state index contributed by atoms with van der Waals surface area (Å²) in [6, 6.07) is 3.80. The maximum atomic E-state index is 12.9. The average Bonchev–Trinajstić information content (AvgIpc) is 2.77. The van der Waals surface area contributed by atoms with E-state index in [0.717, 1.165) is 0 Å². The molecular formula is C12H12ClFN2O2. The molecule has 1 aliphatic rings. The summed E-state index contributed by atoms with van der Waals surface area (Å²) in [6.45, 7) is 0.255. The fraction of sp³-hybridized carbons (Fsp3) is 0.333. The summed E-state index contributed by atoms with van der Waals surface area (Å²) in [6.07, 6.45) is 0.884. The molecule has 1 aromatic rings. The molecule has 0 spiro atoms. The SMILES string of the molecule is O=C1CCC(C(=O)NCc2ccc(F)c(Cl)c2)N1. The lowest BCUT2D eigenvalue weighted by Gasteiger charge is -2.11. The summed E-state index contributed by atoms with van der Waals surface area (Å²) in [5.41, 5.74) is 0.707. The largest absolute Gasteiger partial charge is 0.350 e. The van der Waals surface area contributed by atoms with E-state index in [9.17, 15) is 14.0 Å². The highest BCUT2D eigenvalue weighted by atomic mass is 35.5. The minimum Gasteiger partial charge on any atom is -0.350 e. The van der Waals surface area contributed by atoms with E-state index < -0.39 is 11.9 Å². The zero-order valence-corrected chi connectivity index (χ0v) is 10.3. The second kappa shape index (κ2) is 5.35. The molecule has 96 valence electrons. The lowest BCUT2D eigenvalue weighted by molar-refractivity contribution is -0.125. The van der Waals surface area contributed by atoms with Crippen LogP contribution in [0.5, 0.6) is 0 Å². The van der Waals surface area contributed by atoms with Crippen LogP contribution in [0.3, 0.4) is 0 Å². The Morgan fingerprint density at radius 1 is 1.56 bits per heavy atom. The second-order valence-electron chi connectivity index (χ2n) is 4.13. The molecular weight excluding hydrogens is 259 g/mol. The first-order valence-corrected chi connectivity index (χ1v) is 5.95. The quantitative estimate of drug-likeness (QED) is 0.872. The summed E-state index contributed by atoms with van der Waals surface area (Å²) in [5, 5.41) is 5.27. The van der Waals surface area contributed by atoms with Crippen LogP contribution in [0.25, 0.3) is 0 Å². The third-order valence-electron chi connectivity index (χ3n) is 2.76. The van der Waals surface area contributed by atoms with Crippen LogP contribution in [0, 0.1) is 5.82 Å². The zero-order chi connectivity index (χ0) is 13.1. The van der Waals surface area contributed by atoms with Crippen molar-refractivity contribution in [3.8, 4) is 0 Å². The Balaban J connectivity index is 1.89. The van der Waals surface area contributed by atoms with Gasteiger partial charge in [-0.25, -0.2) is 4.39 Å². The van der Waals surface area contributed by atoms with Crippen molar-refractivity contribution in [2.45, 2.75) is 25.4 Å². The molecule has 0 aliphatic carbocycles.